The molecule has 6 heteroatoms. The van der Waals surface area contributed by atoms with Crippen molar-refractivity contribution in [3.63, 3.8) is 0 Å². The van der Waals surface area contributed by atoms with Gasteiger partial charge in [0.05, 0.1) is 40.2 Å². The van der Waals surface area contributed by atoms with Crippen molar-refractivity contribution in [2.45, 2.75) is 12.5 Å². The summed E-state index contributed by atoms with van der Waals surface area (Å²) in [4.78, 5) is 6.92. The Labute approximate surface area is 157 Å². The number of methoxy groups -OCH3 is 1. The summed E-state index contributed by atoms with van der Waals surface area (Å²) in [7, 11) is 3.76. The molecule has 0 saturated heterocycles. The van der Waals surface area contributed by atoms with Crippen LogP contribution in [0.1, 0.15) is 22.2 Å². The quantitative estimate of drug-likeness (QED) is 0.693. The minimum absolute atomic E-state index is 0.196. The van der Waals surface area contributed by atoms with Crippen molar-refractivity contribution in [2.75, 3.05) is 32.2 Å². The Hall–Kier alpha value is -2.46. The first-order valence-corrected chi connectivity index (χ1v) is 9.28. The highest BCUT2D eigenvalue weighted by atomic mass is 32.1. The van der Waals surface area contributed by atoms with Gasteiger partial charge in [-0.3, -0.25) is 0 Å². The molecule has 3 rings (SSSR count). The average Bonchev–Trinajstić information content (AvgIpc) is 3.10. The van der Waals surface area contributed by atoms with E-state index in [1.54, 1.807) is 24.5 Å². The molecule has 134 valence electrons. The predicted molar refractivity (Wildman–Crippen MR) is 107 cm³/mol. The van der Waals surface area contributed by atoms with Gasteiger partial charge in [0.2, 0.25) is 0 Å². The highest BCUT2D eigenvalue weighted by Gasteiger charge is 2.16. The lowest BCUT2D eigenvalue weighted by Crippen LogP contribution is -2.21. The maximum Gasteiger partial charge on any atom is 0.111 e. The number of ether oxygens (including phenoxy) is 1. The van der Waals surface area contributed by atoms with Crippen LogP contribution in [0.5, 0.6) is 0 Å². The number of aromatic nitrogens is 1. The summed E-state index contributed by atoms with van der Waals surface area (Å²) in [6.07, 6.45) is 0.657. The molecule has 1 atom stereocenters. The van der Waals surface area contributed by atoms with Crippen LogP contribution in [-0.4, -0.2) is 32.3 Å². The van der Waals surface area contributed by atoms with Gasteiger partial charge in [0, 0.05) is 20.7 Å². The third-order valence-corrected chi connectivity index (χ3v) is 5.51. The highest BCUT2D eigenvalue weighted by Crippen LogP contribution is 2.34. The summed E-state index contributed by atoms with van der Waals surface area (Å²) in [5.41, 5.74) is 10.2. The van der Waals surface area contributed by atoms with Gasteiger partial charge in [0.25, 0.3) is 0 Å². The van der Waals surface area contributed by atoms with Crippen LogP contribution in [0.25, 0.3) is 10.2 Å². The van der Waals surface area contributed by atoms with Gasteiger partial charge in [-0.25, -0.2) is 4.98 Å². The molecule has 1 aromatic heterocycles. The van der Waals surface area contributed by atoms with E-state index in [1.807, 2.05) is 30.3 Å². The minimum Gasteiger partial charge on any atom is -0.383 e. The zero-order valence-electron chi connectivity index (χ0n) is 15.0. The van der Waals surface area contributed by atoms with Gasteiger partial charge in [0.1, 0.15) is 5.01 Å². The third-order valence-electron chi connectivity index (χ3n) is 4.28. The first-order chi connectivity index (χ1) is 12.6. The number of rotatable bonds is 7. The normalized spacial score (nSPS) is 12.1. The molecule has 0 aliphatic heterocycles. The summed E-state index contributed by atoms with van der Waals surface area (Å²) in [6, 6.07) is 15.7. The van der Waals surface area contributed by atoms with Gasteiger partial charge in [-0.05, 0) is 36.2 Å². The lowest BCUT2D eigenvalue weighted by Gasteiger charge is -2.19. The van der Waals surface area contributed by atoms with Gasteiger partial charge < -0.3 is 15.4 Å². The standard InChI is InChI=1S/C20H22N4OS/c1-24(9-10-25-2)18-8-4-7-17-19(18)26-20(23-17)16(22)12-14-5-3-6-15(11-14)13-21/h3-8,11,16H,9-10,12,22H2,1-2H3. The fourth-order valence-electron chi connectivity index (χ4n) is 2.87. The molecule has 26 heavy (non-hydrogen) atoms. The molecule has 2 N–H and O–H groups in total. The van der Waals surface area contributed by atoms with Crippen LogP contribution >= 0.6 is 11.3 Å². The van der Waals surface area contributed by atoms with E-state index in [4.69, 9.17) is 20.7 Å². The molecule has 1 unspecified atom stereocenters. The molecule has 0 bridgehead atoms. The van der Waals surface area contributed by atoms with Crippen molar-refractivity contribution >= 4 is 27.2 Å². The molecule has 3 aromatic rings. The van der Waals surface area contributed by atoms with Crippen molar-refractivity contribution in [3.05, 3.63) is 58.6 Å². The van der Waals surface area contributed by atoms with Crippen LogP contribution in [0, 0.1) is 11.3 Å². The maximum absolute atomic E-state index is 9.05. The summed E-state index contributed by atoms with van der Waals surface area (Å²) in [5, 5.41) is 9.96. The summed E-state index contributed by atoms with van der Waals surface area (Å²) in [6.45, 7) is 1.49. The number of likely N-dealkylation sites (N-methyl/N-ethyl adjacent to an activating group) is 1. The van der Waals surface area contributed by atoms with E-state index in [0.29, 0.717) is 18.6 Å². The number of anilines is 1. The monoisotopic (exact) mass is 366 g/mol. The number of hydrogen-bond acceptors (Lipinski definition) is 6. The zero-order chi connectivity index (χ0) is 18.5. The van der Waals surface area contributed by atoms with E-state index in [1.165, 1.54) is 0 Å². The number of fused-ring (bicyclic) bond motifs is 1. The molecule has 0 saturated carbocycles. The van der Waals surface area contributed by atoms with E-state index in [0.717, 1.165) is 33.0 Å². The Balaban J connectivity index is 1.85. The van der Waals surface area contributed by atoms with Crippen LogP contribution < -0.4 is 10.6 Å². The van der Waals surface area contributed by atoms with Crippen molar-refractivity contribution in [1.82, 2.24) is 4.98 Å². The molecule has 0 spiro atoms. The second-order valence-corrected chi connectivity index (χ2v) is 7.25. The Bertz CT molecular complexity index is 931. The van der Waals surface area contributed by atoms with Crippen LogP contribution in [0.15, 0.2) is 42.5 Å². The zero-order valence-corrected chi connectivity index (χ0v) is 15.8. The lowest BCUT2D eigenvalue weighted by molar-refractivity contribution is 0.206. The highest BCUT2D eigenvalue weighted by molar-refractivity contribution is 7.19. The largest absolute Gasteiger partial charge is 0.383 e. The van der Waals surface area contributed by atoms with Crippen molar-refractivity contribution in [2.24, 2.45) is 5.73 Å². The molecule has 0 radical (unpaired) electrons. The Morgan fingerprint density at radius 3 is 2.88 bits per heavy atom. The van der Waals surface area contributed by atoms with Gasteiger partial charge >= 0.3 is 0 Å². The fraction of sp³-hybridized carbons (Fsp3) is 0.300. The van der Waals surface area contributed by atoms with Crippen LogP contribution in [0.3, 0.4) is 0 Å². The lowest BCUT2D eigenvalue weighted by atomic mass is 10.0. The second kappa shape index (κ2) is 8.28. The maximum atomic E-state index is 9.05. The topological polar surface area (TPSA) is 75.2 Å². The van der Waals surface area contributed by atoms with Gasteiger partial charge in [0.15, 0.2) is 0 Å². The predicted octanol–water partition coefficient (Wildman–Crippen LogP) is 3.49. The molecule has 2 aromatic carbocycles. The van der Waals surface area contributed by atoms with Crippen molar-refractivity contribution in [1.29, 1.82) is 5.26 Å². The number of nitriles is 1. The Kier molecular flexibility index (Phi) is 5.84. The summed E-state index contributed by atoms with van der Waals surface area (Å²) >= 11 is 1.64. The number of nitrogens with two attached hydrogens (primary N) is 1. The molecule has 0 aliphatic rings. The van der Waals surface area contributed by atoms with Crippen LogP contribution in [0.2, 0.25) is 0 Å². The van der Waals surface area contributed by atoms with E-state index >= 15 is 0 Å². The molecule has 0 fully saturated rings. The van der Waals surface area contributed by atoms with Gasteiger partial charge in [-0.15, -0.1) is 11.3 Å². The molecule has 0 aliphatic carbocycles. The van der Waals surface area contributed by atoms with Gasteiger partial charge in [-0.1, -0.05) is 18.2 Å². The summed E-state index contributed by atoms with van der Waals surface area (Å²) < 4.78 is 6.32. The first-order valence-electron chi connectivity index (χ1n) is 8.46. The molecular weight excluding hydrogens is 344 g/mol. The van der Waals surface area contributed by atoms with Crippen molar-refractivity contribution < 1.29 is 4.74 Å². The fourth-order valence-corrected chi connectivity index (χ4v) is 4.00. The van der Waals surface area contributed by atoms with Crippen molar-refractivity contribution in [3.8, 4) is 6.07 Å². The van der Waals surface area contributed by atoms with Crippen LogP contribution in [0.4, 0.5) is 5.69 Å². The SMILES string of the molecule is COCCN(C)c1cccc2nc(C(N)Cc3cccc(C#N)c3)sc12. The molecule has 0 amide bonds. The first kappa shape index (κ1) is 18.3. The van der Waals surface area contributed by atoms with Crippen LogP contribution in [-0.2, 0) is 11.2 Å². The Morgan fingerprint density at radius 2 is 2.12 bits per heavy atom. The summed E-state index contributed by atoms with van der Waals surface area (Å²) in [5.74, 6) is 0. The molecule has 1 heterocycles. The number of hydrogen-bond donors (Lipinski definition) is 1. The molecular formula is C20H22N4OS. The Morgan fingerprint density at radius 1 is 1.31 bits per heavy atom. The molecule has 5 nitrogen and oxygen atoms in total. The van der Waals surface area contributed by atoms with Gasteiger partial charge in [-0.2, -0.15) is 5.26 Å². The second-order valence-electron chi connectivity index (χ2n) is 6.21. The number of thiazole rings is 1. The van der Waals surface area contributed by atoms with E-state index in [2.05, 4.69) is 24.1 Å². The van der Waals surface area contributed by atoms with E-state index in [-0.39, 0.29) is 6.04 Å². The van der Waals surface area contributed by atoms with E-state index < -0.39 is 0 Å². The average molecular weight is 366 g/mol. The number of benzene rings is 2. The smallest absolute Gasteiger partial charge is 0.111 e. The van der Waals surface area contributed by atoms with E-state index in [9.17, 15) is 0 Å². The number of nitrogens with zero attached hydrogens (tertiary/aromatic N) is 3. The third kappa shape index (κ3) is 4.02. The minimum atomic E-state index is -0.196.